The van der Waals surface area contributed by atoms with E-state index in [2.05, 4.69) is 39.6 Å². The Hall–Kier alpha value is -3.04. The molecule has 2 aromatic heterocycles. The molecule has 3 aromatic rings. The number of thiazole rings is 1. The second kappa shape index (κ2) is 9.91. The third kappa shape index (κ3) is 5.46. The molecular weight excluding hydrogens is 462 g/mol. The van der Waals surface area contributed by atoms with E-state index in [9.17, 15) is 14.7 Å². The van der Waals surface area contributed by atoms with Crippen molar-refractivity contribution in [3.63, 3.8) is 0 Å². The van der Waals surface area contributed by atoms with Crippen LogP contribution in [-0.4, -0.2) is 55.0 Å². The van der Waals surface area contributed by atoms with Gasteiger partial charge in [-0.25, -0.2) is 9.97 Å². The molecule has 3 heterocycles. The fourth-order valence-corrected chi connectivity index (χ4v) is 5.42. The number of hydrogen-bond donors (Lipinski definition) is 2. The smallest absolute Gasteiger partial charge is 0.246 e. The van der Waals surface area contributed by atoms with Gasteiger partial charge in [0, 0.05) is 38.8 Å². The van der Waals surface area contributed by atoms with Gasteiger partial charge in [0.15, 0.2) is 0 Å². The van der Waals surface area contributed by atoms with Gasteiger partial charge in [0.05, 0.1) is 28.2 Å². The Morgan fingerprint density at radius 2 is 1.94 bits per heavy atom. The Morgan fingerprint density at radius 3 is 2.54 bits per heavy atom. The summed E-state index contributed by atoms with van der Waals surface area (Å²) in [6.07, 6.45) is 3.39. The molecule has 0 bridgehead atoms. The highest BCUT2D eigenvalue weighted by Gasteiger charge is 2.43. The SMILES string of the molecule is CC(=O)N[C@H](C(=O)N1C[C@H](O)C[C@H]1c1nccn1Cc1ccc(-c2scnc2C)cc1)C(C)(C)C. The zero-order valence-electron chi connectivity index (χ0n) is 20.9. The van der Waals surface area contributed by atoms with Crippen LogP contribution in [0.3, 0.4) is 0 Å². The highest BCUT2D eigenvalue weighted by atomic mass is 32.1. The molecule has 9 heteroatoms. The molecule has 1 fully saturated rings. The molecule has 35 heavy (non-hydrogen) atoms. The molecule has 186 valence electrons. The number of aliphatic hydroxyl groups is 1. The van der Waals surface area contributed by atoms with Crippen molar-refractivity contribution < 1.29 is 14.7 Å². The van der Waals surface area contributed by atoms with Crippen molar-refractivity contribution in [3.8, 4) is 10.4 Å². The largest absolute Gasteiger partial charge is 0.391 e. The molecule has 0 unspecified atom stereocenters. The van der Waals surface area contributed by atoms with Crippen LogP contribution in [0.15, 0.2) is 42.2 Å². The van der Waals surface area contributed by atoms with E-state index in [1.165, 1.54) is 11.8 Å². The minimum atomic E-state index is -0.695. The summed E-state index contributed by atoms with van der Waals surface area (Å²) >= 11 is 1.63. The molecule has 1 saturated heterocycles. The van der Waals surface area contributed by atoms with Crippen LogP contribution in [0.5, 0.6) is 0 Å². The summed E-state index contributed by atoms with van der Waals surface area (Å²) in [5.41, 5.74) is 4.65. The first-order chi connectivity index (χ1) is 16.5. The minimum Gasteiger partial charge on any atom is -0.391 e. The van der Waals surface area contributed by atoms with Crippen molar-refractivity contribution in [2.75, 3.05) is 6.54 Å². The molecule has 2 N–H and O–H groups in total. The van der Waals surface area contributed by atoms with Gasteiger partial charge < -0.3 is 19.9 Å². The van der Waals surface area contributed by atoms with E-state index in [1.54, 1.807) is 22.4 Å². The summed E-state index contributed by atoms with van der Waals surface area (Å²) in [5.74, 6) is 0.272. The lowest BCUT2D eigenvalue weighted by Gasteiger charge is -2.35. The van der Waals surface area contributed by atoms with Crippen LogP contribution in [0.2, 0.25) is 0 Å². The quantitative estimate of drug-likeness (QED) is 0.545. The molecule has 3 atom stereocenters. The summed E-state index contributed by atoms with van der Waals surface area (Å²) in [5, 5.41) is 13.3. The predicted octanol–water partition coefficient (Wildman–Crippen LogP) is 3.55. The summed E-state index contributed by atoms with van der Waals surface area (Å²) < 4.78 is 2.03. The number of rotatable bonds is 6. The van der Waals surface area contributed by atoms with Gasteiger partial charge in [-0.2, -0.15) is 0 Å². The van der Waals surface area contributed by atoms with Gasteiger partial charge in [0.25, 0.3) is 0 Å². The van der Waals surface area contributed by atoms with E-state index in [1.807, 2.05) is 44.0 Å². The molecule has 0 radical (unpaired) electrons. The lowest BCUT2D eigenvalue weighted by atomic mass is 9.85. The van der Waals surface area contributed by atoms with Crippen LogP contribution in [0.25, 0.3) is 10.4 Å². The zero-order chi connectivity index (χ0) is 25.3. The molecule has 0 aliphatic carbocycles. The van der Waals surface area contributed by atoms with Crippen LogP contribution < -0.4 is 5.32 Å². The van der Waals surface area contributed by atoms with E-state index < -0.39 is 17.6 Å². The number of carbonyl (C=O) groups is 2. The molecule has 0 saturated carbocycles. The fraction of sp³-hybridized carbons (Fsp3) is 0.462. The molecule has 4 rings (SSSR count). The van der Waals surface area contributed by atoms with Crippen LogP contribution in [0.1, 0.15) is 57.2 Å². The van der Waals surface area contributed by atoms with Gasteiger partial charge in [0.2, 0.25) is 11.8 Å². The van der Waals surface area contributed by atoms with Gasteiger partial charge in [-0.15, -0.1) is 11.3 Å². The molecule has 1 aromatic carbocycles. The minimum absolute atomic E-state index is 0.201. The number of aliphatic hydroxyl groups excluding tert-OH is 1. The Labute approximate surface area is 210 Å². The van der Waals surface area contributed by atoms with Crippen molar-refractivity contribution in [1.82, 2.24) is 24.8 Å². The summed E-state index contributed by atoms with van der Waals surface area (Å²) in [7, 11) is 0. The topological polar surface area (TPSA) is 100 Å². The second-order valence-corrected chi connectivity index (χ2v) is 11.1. The highest BCUT2D eigenvalue weighted by Crippen LogP contribution is 2.34. The number of amides is 2. The van der Waals surface area contributed by atoms with Gasteiger partial charge in [0.1, 0.15) is 11.9 Å². The van der Waals surface area contributed by atoms with E-state index in [4.69, 9.17) is 0 Å². The maximum Gasteiger partial charge on any atom is 0.246 e. The van der Waals surface area contributed by atoms with Crippen molar-refractivity contribution in [3.05, 3.63) is 59.3 Å². The average molecular weight is 496 g/mol. The lowest BCUT2D eigenvalue weighted by molar-refractivity contribution is -0.140. The maximum atomic E-state index is 13.6. The number of benzene rings is 1. The first-order valence-electron chi connectivity index (χ1n) is 11.8. The van der Waals surface area contributed by atoms with E-state index >= 15 is 0 Å². The first-order valence-corrected chi connectivity index (χ1v) is 12.7. The van der Waals surface area contributed by atoms with E-state index in [-0.39, 0.29) is 24.4 Å². The number of hydrogen-bond acceptors (Lipinski definition) is 6. The Balaban J connectivity index is 1.56. The van der Waals surface area contributed by atoms with E-state index in [0.717, 1.165) is 22.6 Å². The van der Waals surface area contributed by atoms with Gasteiger partial charge in [-0.1, -0.05) is 45.0 Å². The number of aryl methyl sites for hydroxylation is 1. The van der Waals surface area contributed by atoms with Gasteiger partial charge in [-0.3, -0.25) is 9.59 Å². The third-order valence-electron chi connectivity index (χ3n) is 6.38. The molecule has 2 amide bonds. The molecule has 1 aliphatic heterocycles. The fourth-order valence-electron chi connectivity index (χ4n) is 4.61. The molecular formula is C26H33N5O3S. The van der Waals surface area contributed by atoms with Crippen molar-refractivity contribution >= 4 is 23.2 Å². The second-order valence-electron chi connectivity index (χ2n) is 10.3. The van der Waals surface area contributed by atoms with Crippen LogP contribution in [0, 0.1) is 12.3 Å². The van der Waals surface area contributed by atoms with Crippen LogP contribution in [-0.2, 0) is 16.1 Å². The van der Waals surface area contributed by atoms with Crippen molar-refractivity contribution in [2.24, 2.45) is 5.41 Å². The van der Waals surface area contributed by atoms with Crippen LogP contribution >= 0.6 is 11.3 Å². The predicted molar refractivity (Wildman–Crippen MR) is 136 cm³/mol. The number of β-amino-alcohol motifs (C(OH)–C–C–N with tert-alkyl or cyclic N) is 1. The zero-order valence-corrected chi connectivity index (χ0v) is 21.7. The number of nitrogens with zero attached hydrogens (tertiary/aromatic N) is 4. The van der Waals surface area contributed by atoms with Crippen molar-refractivity contribution in [2.45, 2.75) is 65.8 Å². The van der Waals surface area contributed by atoms with Crippen molar-refractivity contribution in [1.29, 1.82) is 0 Å². The number of nitrogens with one attached hydrogen (secondary N) is 1. The van der Waals surface area contributed by atoms with E-state index in [0.29, 0.717) is 13.0 Å². The molecule has 0 spiro atoms. The average Bonchev–Trinajstić information content (AvgIpc) is 3.51. The Bertz CT molecular complexity index is 1190. The lowest BCUT2D eigenvalue weighted by Crippen LogP contribution is -2.54. The Kier molecular flexibility index (Phi) is 7.10. The van der Waals surface area contributed by atoms with Crippen LogP contribution in [0.4, 0.5) is 0 Å². The third-order valence-corrected chi connectivity index (χ3v) is 7.36. The summed E-state index contributed by atoms with van der Waals surface area (Å²) in [4.78, 5) is 37.2. The van der Waals surface area contributed by atoms with Gasteiger partial charge >= 0.3 is 0 Å². The Morgan fingerprint density at radius 1 is 1.23 bits per heavy atom. The maximum absolute atomic E-state index is 13.6. The summed E-state index contributed by atoms with van der Waals surface area (Å²) in [6, 6.07) is 7.32. The number of aromatic nitrogens is 3. The normalized spacial score (nSPS) is 19.1. The monoisotopic (exact) mass is 495 g/mol. The molecule has 8 nitrogen and oxygen atoms in total. The summed E-state index contributed by atoms with van der Waals surface area (Å²) in [6.45, 7) is 10.0. The molecule has 1 aliphatic rings. The standard InChI is InChI=1S/C26H33N5O3S/c1-16-22(35-15-28-16)19-8-6-18(7-9-19)13-30-11-10-27-24(30)21-12-20(33)14-31(21)25(34)23(26(3,4)5)29-17(2)32/h6-11,15,20-21,23,33H,12-14H2,1-5H3,(H,29,32)/t20-,21+,23-/m1/s1. The number of imidazole rings is 1. The number of likely N-dealkylation sites (tertiary alicyclic amines) is 1. The van der Waals surface area contributed by atoms with Gasteiger partial charge in [-0.05, 0) is 23.5 Å². The highest BCUT2D eigenvalue weighted by molar-refractivity contribution is 7.13. The number of carbonyl (C=O) groups excluding carboxylic acids is 2. The first kappa shape index (κ1) is 25.1.